The second-order valence-corrected chi connectivity index (χ2v) is 5.96. The molecule has 0 amide bonds. The second kappa shape index (κ2) is 2.84. The highest BCUT2D eigenvalue weighted by Gasteiger charge is 2.58. The van der Waals surface area contributed by atoms with Crippen molar-refractivity contribution in [2.45, 2.75) is 53.4 Å². The van der Waals surface area contributed by atoms with E-state index in [0.717, 1.165) is 18.8 Å². The molecule has 0 spiro atoms. The zero-order chi connectivity index (χ0) is 10.6. The quantitative estimate of drug-likeness (QED) is 0.577. The van der Waals surface area contributed by atoms with Gasteiger partial charge in [0.05, 0.1) is 0 Å². The van der Waals surface area contributed by atoms with Crippen LogP contribution in [0, 0.1) is 22.7 Å². The molecule has 0 aromatic heterocycles. The van der Waals surface area contributed by atoms with Crippen LogP contribution in [0.4, 0.5) is 0 Å². The SMILES string of the molecule is C[C@H]1CC[C@]2(C)[C@@H](C)C(=O)CC[C@]12C. The lowest BCUT2D eigenvalue weighted by Gasteiger charge is -2.50. The summed E-state index contributed by atoms with van der Waals surface area (Å²) < 4.78 is 0. The van der Waals surface area contributed by atoms with E-state index in [2.05, 4.69) is 27.7 Å². The van der Waals surface area contributed by atoms with E-state index in [1.807, 2.05) is 0 Å². The standard InChI is InChI=1S/C13H22O/c1-9-5-7-13(4)10(2)11(14)6-8-12(9,13)3/h9-10H,5-8H2,1-4H3/t9-,10-,12+,13+/m0/s1. The number of ketones is 1. The van der Waals surface area contributed by atoms with Gasteiger partial charge in [-0.3, -0.25) is 4.79 Å². The van der Waals surface area contributed by atoms with Crippen LogP contribution in [0.2, 0.25) is 0 Å². The maximum atomic E-state index is 11.8. The minimum Gasteiger partial charge on any atom is -0.299 e. The normalized spacial score (nSPS) is 53.3. The molecule has 2 rings (SSSR count). The molecule has 1 heteroatoms. The first kappa shape index (κ1) is 10.2. The number of rotatable bonds is 0. The van der Waals surface area contributed by atoms with Gasteiger partial charge in [0.1, 0.15) is 5.78 Å². The monoisotopic (exact) mass is 194 g/mol. The van der Waals surface area contributed by atoms with Crippen LogP contribution in [0.1, 0.15) is 53.4 Å². The Hall–Kier alpha value is -0.330. The molecule has 0 N–H and O–H groups in total. The Morgan fingerprint density at radius 2 is 1.79 bits per heavy atom. The highest BCUT2D eigenvalue weighted by molar-refractivity contribution is 5.82. The van der Waals surface area contributed by atoms with Crippen LogP contribution in [0.3, 0.4) is 0 Å². The molecule has 2 aliphatic rings. The molecule has 1 nitrogen and oxygen atoms in total. The third-order valence-corrected chi connectivity index (χ3v) is 5.82. The molecule has 0 aromatic carbocycles. The van der Waals surface area contributed by atoms with Crippen molar-refractivity contribution in [1.82, 2.24) is 0 Å². The van der Waals surface area contributed by atoms with Gasteiger partial charge in [0, 0.05) is 12.3 Å². The van der Waals surface area contributed by atoms with Gasteiger partial charge in [-0.25, -0.2) is 0 Å². The van der Waals surface area contributed by atoms with Crippen molar-refractivity contribution in [3.63, 3.8) is 0 Å². The maximum Gasteiger partial charge on any atom is 0.136 e. The van der Waals surface area contributed by atoms with Gasteiger partial charge in [0.15, 0.2) is 0 Å². The second-order valence-electron chi connectivity index (χ2n) is 5.96. The Kier molecular flexibility index (Phi) is 2.06. The number of Topliss-reactive ketones (excluding diaryl/α,β-unsaturated/α-hetero) is 1. The predicted octanol–water partition coefficient (Wildman–Crippen LogP) is 3.43. The lowest BCUT2D eigenvalue weighted by molar-refractivity contribution is -0.137. The first-order valence-electron chi connectivity index (χ1n) is 5.94. The molecule has 2 aliphatic carbocycles. The van der Waals surface area contributed by atoms with Gasteiger partial charge in [0.2, 0.25) is 0 Å². The first-order valence-corrected chi connectivity index (χ1v) is 5.94. The summed E-state index contributed by atoms with van der Waals surface area (Å²) in [5, 5.41) is 0. The van der Waals surface area contributed by atoms with Crippen LogP contribution in [0.15, 0.2) is 0 Å². The molecule has 0 unspecified atom stereocenters. The van der Waals surface area contributed by atoms with E-state index in [9.17, 15) is 4.79 Å². The summed E-state index contributed by atoms with van der Waals surface area (Å²) in [6, 6.07) is 0. The molecule has 0 aliphatic heterocycles. The summed E-state index contributed by atoms with van der Waals surface area (Å²) in [5.41, 5.74) is 0.697. The summed E-state index contributed by atoms with van der Waals surface area (Å²) in [5.74, 6) is 1.58. The van der Waals surface area contributed by atoms with Crippen molar-refractivity contribution in [1.29, 1.82) is 0 Å². The molecular weight excluding hydrogens is 172 g/mol. The molecule has 0 saturated heterocycles. The smallest absolute Gasteiger partial charge is 0.136 e. The fraction of sp³-hybridized carbons (Fsp3) is 0.923. The zero-order valence-corrected chi connectivity index (χ0v) is 9.89. The van der Waals surface area contributed by atoms with Crippen molar-refractivity contribution in [2.24, 2.45) is 22.7 Å². The van der Waals surface area contributed by atoms with Gasteiger partial charge in [-0.15, -0.1) is 0 Å². The van der Waals surface area contributed by atoms with Gasteiger partial charge in [-0.2, -0.15) is 0 Å². The maximum absolute atomic E-state index is 11.8. The van der Waals surface area contributed by atoms with Crippen LogP contribution in [-0.2, 0) is 4.79 Å². The number of fused-ring (bicyclic) bond motifs is 1. The summed E-state index contributed by atoms with van der Waals surface area (Å²) in [6.07, 6.45) is 4.49. The first-order chi connectivity index (χ1) is 6.42. The summed E-state index contributed by atoms with van der Waals surface area (Å²) >= 11 is 0. The summed E-state index contributed by atoms with van der Waals surface area (Å²) in [7, 11) is 0. The van der Waals surface area contributed by atoms with Crippen molar-refractivity contribution in [3.8, 4) is 0 Å². The van der Waals surface area contributed by atoms with Gasteiger partial charge in [0.25, 0.3) is 0 Å². The van der Waals surface area contributed by atoms with Crippen LogP contribution < -0.4 is 0 Å². The summed E-state index contributed by atoms with van der Waals surface area (Å²) in [4.78, 5) is 11.8. The Bertz CT molecular complexity index is 270. The molecule has 4 atom stereocenters. The molecule has 2 saturated carbocycles. The predicted molar refractivity (Wildman–Crippen MR) is 58.0 cm³/mol. The third-order valence-electron chi connectivity index (χ3n) is 5.82. The average molecular weight is 194 g/mol. The Morgan fingerprint density at radius 3 is 2.43 bits per heavy atom. The van der Waals surface area contributed by atoms with Crippen LogP contribution >= 0.6 is 0 Å². The van der Waals surface area contributed by atoms with Gasteiger partial charge in [-0.1, -0.05) is 27.7 Å². The highest BCUT2D eigenvalue weighted by atomic mass is 16.1. The van der Waals surface area contributed by atoms with Crippen molar-refractivity contribution in [3.05, 3.63) is 0 Å². The lowest BCUT2D eigenvalue weighted by Crippen LogP contribution is -2.47. The van der Waals surface area contributed by atoms with E-state index in [4.69, 9.17) is 0 Å². The van der Waals surface area contributed by atoms with Crippen molar-refractivity contribution < 1.29 is 4.79 Å². The molecule has 0 aromatic rings. The fourth-order valence-electron chi connectivity index (χ4n) is 3.88. The molecule has 0 heterocycles. The minimum atomic E-state index is 0.280. The molecular formula is C13H22O. The molecule has 2 fully saturated rings. The average Bonchev–Trinajstić information content (AvgIpc) is 2.39. The number of hydrogen-bond acceptors (Lipinski definition) is 1. The summed E-state index contributed by atoms with van der Waals surface area (Å²) in [6.45, 7) is 9.28. The molecule has 14 heavy (non-hydrogen) atoms. The van der Waals surface area contributed by atoms with Crippen molar-refractivity contribution in [2.75, 3.05) is 0 Å². The van der Waals surface area contributed by atoms with E-state index >= 15 is 0 Å². The third kappa shape index (κ3) is 0.988. The van der Waals surface area contributed by atoms with Crippen molar-refractivity contribution >= 4 is 5.78 Å². The van der Waals surface area contributed by atoms with Gasteiger partial charge in [-0.05, 0) is 36.0 Å². The molecule has 80 valence electrons. The highest BCUT2D eigenvalue weighted by Crippen LogP contribution is 2.64. The number of carbonyl (C=O) groups is 1. The van der Waals surface area contributed by atoms with Gasteiger partial charge >= 0.3 is 0 Å². The molecule has 0 radical (unpaired) electrons. The number of hydrogen-bond donors (Lipinski definition) is 0. The lowest BCUT2D eigenvalue weighted by atomic mass is 9.53. The minimum absolute atomic E-state index is 0.280. The van der Waals surface area contributed by atoms with E-state index in [1.54, 1.807) is 0 Å². The van der Waals surface area contributed by atoms with Gasteiger partial charge < -0.3 is 0 Å². The Labute approximate surface area is 87.3 Å². The number of carbonyl (C=O) groups excluding carboxylic acids is 1. The molecule has 0 bridgehead atoms. The Morgan fingerprint density at radius 1 is 1.14 bits per heavy atom. The van der Waals surface area contributed by atoms with Crippen LogP contribution in [0.5, 0.6) is 0 Å². The van der Waals surface area contributed by atoms with Crippen LogP contribution in [0.25, 0.3) is 0 Å². The fourth-order valence-corrected chi connectivity index (χ4v) is 3.88. The topological polar surface area (TPSA) is 17.1 Å². The van der Waals surface area contributed by atoms with E-state index in [1.165, 1.54) is 12.8 Å². The largest absolute Gasteiger partial charge is 0.299 e. The Balaban J connectivity index is 2.40. The van der Waals surface area contributed by atoms with E-state index in [0.29, 0.717) is 11.2 Å². The zero-order valence-electron chi connectivity index (χ0n) is 9.89. The van der Waals surface area contributed by atoms with Crippen LogP contribution in [-0.4, -0.2) is 5.78 Å². The van der Waals surface area contributed by atoms with E-state index in [-0.39, 0.29) is 11.3 Å². The van der Waals surface area contributed by atoms with E-state index < -0.39 is 0 Å².